The average Bonchev–Trinajstić information content (AvgIpc) is 3.04. The van der Waals surface area contributed by atoms with Crippen molar-refractivity contribution in [3.05, 3.63) is 59.5 Å². The SMILES string of the molecule is COc1ccc(CC(=O)Nc2nc(-c3cccnc3)cs2)cc1F. The molecule has 0 spiro atoms. The fourth-order valence-electron chi connectivity index (χ4n) is 2.15. The molecule has 1 aromatic carbocycles. The summed E-state index contributed by atoms with van der Waals surface area (Å²) in [5.74, 6) is -0.595. The highest BCUT2D eigenvalue weighted by Crippen LogP contribution is 2.24. The van der Waals surface area contributed by atoms with Gasteiger partial charge in [0, 0.05) is 23.3 Å². The topological polar surface area (TPSA) is 64.1 Å². The molecule has 0 aliphatic rings. The predicted octanol–water partition coefficient (Wildman–Crippen LogP) is 3.53. The first-order valence-electron chi connectivity index (χ1n) is 7.14. The molecule has 0 unspecified atom stereocenters. The molecule has 0 radical (unpaired) electrons. The number of hydrogen-bond acceptors (Lipinski definition) is 5. The molecular formula is C17H14FN3O2S. The summed E-state index contributed by atoms with van der Waals surface area (Å²) in [7, 11) is 1.40. The number of hydrogen-bond donors (Lipinski definition) is 1. The van der Waals surface area contributed by atoms with Crippen LogP contribution >= 0.6 is 11.3 Å². The summed E-state index contributed by atoms with van der Waals surface area (Å²) in [5.41, 5.74) is 2.19. The molecule has 3 rings (SSSR count). The van der Waals surface area contributed by atoms with Gasteiger partial charge in [-0.05, 0) is 29.8 Å². The number of thiazole rings is 1. The van der Waals surface area contributed by atoms with Gasteiger partial charge in [0.25, 0.3) is 0 Å². The second kappa shape index (κ2) is 7.18. The van der Waals surface area contributed by atoms with E-state index in [0.29, 0.717) is 10.7 Å². The van der Waals surface area contributed by atoms with Crippen LogP contribution in [-0.4, -0.2) is 23.0 Å². The van der Waals surface area contributed by atoms with E-state index < -0.39 is 5.82 Å². The van der Waals surface area contributed by atoms with Gasteiger partial charge in [0.15, 0.2) is 16.7 Å². The molecule has 0 aliphatic carbocycles. The fraction of sp³-hybridized carbons (Fsp3) is 0.118. The molecule has 5 nitrogen and oxygen atoms in total. The Morgan fingerprint density at radius 2 is 2.25 bits per heavy atom. The van der Waals surface area contributed by atoms with Crippen LogP contribution in [0, 0.1) is 5.82 Å². The Hall–Kier alpha value is -2.80. The Balaban J connectivity index is 1.65. The maximum Gasteiger partial charge on any atom is 0.230 e. The minimum Gasteiger partial charge on any atom is -0.494 e. The van der Waals surface area contributed by atoms with Gasteiger partial charge in [-0.1, -0.05) is 6.07 Å². The highest BCUT2D eigenvalue weighted by Gasteiger charge is 2.10. The van der Waals surface area contributed by atoms with E-state index in [9.17, 15) is 9.18 Å². The van der Waals surface area contributed by atoms with Gasteiger partial charge in [-0.25, -0.2) is 9.37 Å². The summed E-state index contributed by atoms with van der Waals surface area (Å²) >= 11 is 1.33. The first-order valence-corrected chi connectivity index (χ1v) is 8.02. The molecular weight excluding hydrogens is 329 g/mol. The molecule has 0 fully saturated rings. The third-order valence-corrected chi connectivity index (χ3v) is 4.05. The maximum atomic E-state index is 13.6. The van der Waals surface area contributed by atoms with E-state index in [-0.39, 0.29) is 18.1 Å². The lowest BCUT2D eigenvalue weighted by molar-refractivity contribution is -0.115. The van der Waals surface area contributed by atoms with Gasteiger partial charge < -0.3 is 10.1 Å². The quantitative estimate of drug-likeness (QED) is 0.770. The number of pyridine rings is 1. The number of amides is 1. The zero-order valence-electron chi connectivity index (χ0n) is 12.8. The average molecular weight is 343 g/mol. The summed E-state index contributed by atoms with van der Waals surface area (Å²) in [4.78, 5) is 20.5. The van der Waals surface area contributed by atoms with E-state index in [1.807, 2.05) is 17.5 Å². The van der Waals surface area contributed by atoms with Gasteiger partial charge in [0.2, 0.25) is 5.91 Å². The zero-order chi connectivity index (χ0) is 16.9. The Morgan fingerprint density at radius 1 is 1.38 bits per heavy atom. The molecule has 0 atom stereocenters. The van der Waals surface area contributed by atoms with Crippen molar-refractivity contribution in [1.29, 1.82) is 0 Å². The molecule has 7 heteroatoms. The second-order valence-electron chi connectivity index (χ2n) is 4.97. The van der Waals surface area contributed by atoms with E-state index in [0.717, 1.165) is 11.3 Å². The lowest BCUT2D eigenvalue weighted by atomic mass is 10.1. The monoisotopic (exact) mass is 343 g/mol. The van der Waals surface area contributed by atoms with E-state index in [1.165, 1.54) is 30.6 Å². The largest absolute Gasteiger partial charge is 0.494 e. The van der Waals surface area contributed by atoms with Gasteiger partial charge in [-0.3, -0.25) is 9.78 Å². The second-order valence-corrected chi connectivity index (χ2v) is 5.83. The van der Waals surface area contributed by atoms with Crippen LogP contribution in [0.25, 0.3) is 11.3 Å². The van der Waals surface area contributed by atoms with Crippen molar-refractivity contribution in [2.24, 2.45) is 0 Å². The molecule has 0 aliphatic heterocycles. The number of nitrogens with zero attached hydrogens (tertiary/aromatic N) is 2. The minimum absolute atomic E-state index is 0.0583. The molecule has 1 amide bonds. The van der Waals surface area contributed by atoms with Crippen LogP contribution in [-0.2, 0) is 11.2 Å². The molecule has 0 saturated carbocycles. The zero-order valence-corrected chi connectivity index (χ0v) is 13.6. The highest BCUT2D eigenvalue weighted by molar-refractivity contribution is 7.14. The Bertz CT molecular complexity index is 852. The molecule has 2 heterocycles. The van der Waals surface area contributed by atoms with Crippen LogP contribution in [0.15, 0.2) is 48.1 Å². The van der Waals surface area contributed by atoms with Crippen LogP contribution in [0.3, 0.4) is 0 Å². The Morgan fingerprint density at radius 3 is 2.96 bits per heavy atom. The summed E-state index contributed by atoms with van der Waals surface area (Å²) in [6.07, 6.45) is 3.45. The molecule has 1 N–H and O–H groups in total. The Kier molecular flexibility index (Phi) is 4.81. The minimum atomic E-state index is -0.490. The smallest absolute Gasteiger partial charge is 0.230 e. The van der Waals surface area contributed by atoms with Crippen molar-refractivity contribution < 1.29 is 13.9 Å². The first-order chi connectivity index (χ1) is 11.7. The van der Waals surface area contributed by atoms with Crippen molar-refractivity contribution in [3.63, 3.8) is 0 Å². The fourth-order valence-corrected chi connectivity index (χ4v) is 2.88. The summed E-state index contributed by atoms with van der Waals surface area (Å²) in [6, 6.07) is 8.17. The number of carbonyl (C=O) groups excluding carboxylic acids is 1. The van der Waals surface area contributed by atoms with Crippen LogP contribution in [0.2, 0.25) is 0 Å². The number of anilines is 1. The normalized spacial score (nSPS) is 10.4. The van der Waals surface area contributed by atoms with Crippen molar-refractivity contribution in [1.82, 2.24) is 9.97 Å². The maximum absolute atomic E-state index is 13.6. The number of aromatic nitrogens is 2. The van der Waals surface area contributed by atoms with Crippen LogP contribution in [0.4, 0.5) is 9.52 Å². The standard InChI is InChI=1S/C17H14FN3O2S/c1-23-15-5-4-11(7-13(15)18)8-16(22)21-17-20-14(10-24-17)12-3-2-6-19-9-12/h2-7,9-10H,8H2,1H3,(H,20,21,22). The first kappa shape index (κ1) is 16.1. The number of halogens is 1. The van der Waals surface area contributed by atoms with Crippen LogP contribution < -0.4 is 10.1 Å². The third kappa shape index (κ3) is 3.75. The lowest BCUT2D eigenvalue weighted by Crippen LogP contribution is -2.14. The molecule has 3 aromatic rings. The van der Waals surface area contributed by atoms with E-state index in [4.69, 9.17) is 4.74 Å². The third-order valence-electron chi connectivity index (χ3n) is 3.29. The number of methoxy groups -OCH3 is 1. The predicted molar refractivity (Wildman–Crippen MR) is 90.6 cm³/mol. The van der Waals surface area contributed by atoms with Gasteiger partial charge >= 0.3 is 0 Å². The number of rotatable bonds is 5. The van der Waals surface area contributed by atoms with Gasteiger partial charge in [0.1, 0.15) is 0 Å². The number of carbonyl (C=O) groups is 1. The number of ether oxygens (including phenoxy) is 1. The lowest BCUT2D eigenvalue weighted by Gasteiger charge is -2.05. The van der Waals surface area contributed by atoms with Gasteiger partial charge in [-0.2, -0.15) is 0 Å². The molecule has 24 heavy (non-hydrogen) atoms. The van der Waals surface area contributed by atoms with Gasteiger partial charge in [-0.15, -0.1) is 11.3 Å². The molecule has 0 bridgehead atoms. The number of nitrogens with one attached hydrogen (secondary N) is 1. The van der Waals surface area contributed by atoms with Crippen molar-refractivity contribution in [2.75, 3.05) is 12.4 Å². The van der Waals surface area contributed by atoms with Crippen molar-refractivity contribution in [3.8, 4) is 17.0 Å². The number of benzene rings is 1. The van der Waals surface area contributed by atoms with E-state index in [1.54, 1.807) is 18.5 Å². The molecule has 0 saturated heterocycles. The molecule has 122 valence electrons. The van der Waals surface area contributed by atoms with Crippen LogP contribution in [0.1, 0.15) is 5.56 Å². The van der Waals surface area contributed by atoms with Gasteiger partial charge in [0.05, 0.1) is 19.2 Å². The molecule has 2 aromatic heterocycles. The van der Waals surface area contributed by atoms with E-state index >= 15 is 0 Å². The summed E-state index contributed by atoms with van der Waals surface area (Å²) < 4.78 is 18.5. The van der Waals surface area contributed by atoms with Crippen molar-refractivity contribution in [2.45, 2.75) is 6.42 Å². The highest BCUT2D eigenvalue weighted by atomic mass is 32.1. The summed E-state index contributed by atoms with van der Waals surface area (Å²) in [5, 5.41) is 5.06. The van der Waals surface area contributed by atoms with Crippen molar-refractivity contribution >= 4 is 22.4 Å². The van der Waals surface area contributed by atoms with E-state index in [2.05, 4.69) is 15.3 Å². The Labute approximate surface area is 142 Å². The summed E-state index contributed by atoms with van der Waals surface area (Å²) in [6.45, 7) is 0. The van der Waals surface area contributed by atoms with Crippen LogP contribution in [0.5, 0.6) is 5.75 Å².